The highest BCUT2D eigenvalue weighted by Crippen LogP contribution is 2.37. The van der Waals surface area contributed by atoms with E-state index in [4.69, 9.17) is 4.74 Å². The summed E-state index contributed by atoms with van der Waals surface area (Å²) in [5, 5.41) is 25.8. The second-order valence-corrected chi connectivity index (χ2v) is 6.47. The molecule has 10 nitrogen and oxygen atoms in total. The Balaban J connectivity index is 2.11. The number of methoxy groups -OCH3 is 1. The van der Waals surface area contributed by atoms with Gasteiger partial charge in [0.25, 0.3) is 5.56 Å². The molecule has 1 atom stereocenters. The summed E-state index contributed by atoms with van der Waals surface area (Å²) in [4.78, 5) is 36.6. The van der Waals surface area contributed by atoms with Crippen molar-refractivity contribution in [1.29, 1.82) is 0 Å². The number of phenols is 1. The average molecular weight is 388 g/mol. The van der Waals surface area contributed by atoms with Crippen LogP contribution in [0.25, 0.3) is 0 Å². The van der Waals surface area contributed by atoms with Gasteiger partial charge in [0, 0.05) is 27.4 Å². The quantitative estimate of drug-likeness (QED) is 0.774. The first kappa shape index (κ1) is 19.2. The number of benzene rings is 1. The summed E-state index contributed by atoms with van der Waals surface area (Å²) < 4.78 is 6.83. The number of rotatable bonds is 3. The molecule has 1 aliphatic rings. The minimum atomic E-state index is -0.707. The highest BCUT2D eigenvalue weighted by Gasteiger charge is 2.35. The molecule has 1 aliphatic heterocycles. The topological polar surface area (TPSA) is 126 Å². The molecule has 2 N–H and O–H groups in total. The Morgan fingerprint density at radius 3 is 2.46 bits per heavy atom. The van der Waals surface area contributed by atoms with E-state index in [-0.39, 0.29) is 35.1 Å². The van der Waals surface area contributed by atoms with Crippen molar-refractivity contribution in [3.05, 3.63) is 50.2 Å². The van der Waals surface area contributed by atoms with Crippen LogP contribution in [0.15, 0.2) is 32.9 Å². The fraction of sp³-hybridized carbons (Fsp3) is 0.333. The summed E-state index contributed by atoms with van der Waals surface area (Å²) >= 11 is 0. The summed E-state index contributed by atoms with van der Waals surface area (Å²) in [6.45, 7) is 1.32. The fourth-order valence-electron chi connectivity index (χ4n) is 3.21. The van der Waals surface area contributed by atoms with Crippen molar-refractivity contribution < 1.29 is 19.7 Å². The number of aromatic hydroxyl groups is 2. The molecular formula is C18H20N4O6. The Labute approximate surface area is 159 Å². The van der Waals surface area contributed by atoms with Gasteiger partial charge in [-0.25, -0.2) is 9.80 Å². The Hall–Kier alpha value is -3.56. The Morgan fingerprint density at radius 2 is 1.89 bits per heavy atom. The number of ether oxygens (including phenoxy) is 1. The van der Waals surface area contributed by atoms with E-state index in [1.165, 1.54) is 39.2 Å². The number of carbonyl (C=O) groups is 1. The molecule has 3 rings (SSSR count). The van der Waals surface area contributed by atoms with Gasteiger partial charge < -0.3 is 14.9 Å². The molecule has 1 aromatic heterocycles. The highest BCUT2D eigenvalue weighted by atomic mass is 16.5. The van der Waals surface area contributed by atoms with Gasteiger partial charge in [-0.05, 0) is 17.7 Å². The monoisotopic (exact) mass is 388 g/mol. The van der Waals surface area contributed by atoms with Crippen molar-refractivity contribution in [2.24, 2.45) is 19.2 Å². The summed E-state index contributed by atoms with van der Waals surface area (Å²) in [6, 6.07) is 4.10. The van der Waals surface area contributed by atoms with Crippen LogP contribution in [-0.2, 0) is 18.9 Å². The van der Waals surface area contributed by atoms with Crippen molar-refractivity contribution in [2.45, 2.75) is 19.4 Å². The summed E-state index contributed by atoms with van der Waals surface area (Å²) in [5.41, 5.74) is -0.778. The minimum Gasteiger partial charge on any atom is -0.504 e. The zero-order valence-electron chi connectivity index (χ0n) is 15.8. The van der Waals surface area contributed by atoms with Gasteiger partial charge in [-0.15, -0.1) is 0 Å². The van der Waals surface area contributed by atoms with Gasteiger partial charge in [0.2, 0.25) is 11.8 Å². The zero-order valence-corrected chi connectivity index (χ0v) is 15.8. The maximum atomic E-state index is 12.6. The van der Waals surface area contributed by atoms with Crippen molar-refractivity contribution in [3.8, 4) is 17.4 Å². The third kappa shape index (κ3) is 2.92. The predicted octanol–water partition coefficient (Wildman–Crippen LogP) is 0.201. The van der Waals surface area contributed by atoms with Crippen molar-refractivity contribution in [2.75, 3.05) is 7.11 Å². The molecule has 0 fully saturated rings. The molecule has 0 saturated carbocycles. The highest BCUT2D eigenvalue weighted by molar-refractivity contribution is 6.04. The molecule has 0 aliphatic carbocycles. The number of aromatic nitrogens is 2. The molecule has 28 heavy (non-hydrogen) atoms. The van der Waals surface area contributed by atoms with Crippen LogP contribution in [0.4, 0.5) is 0 Å². The average Bonchev–Trinajstić information content (AvgIpc) is 3.10. The Morgan fingerprint density at radius 1 is 1.21 bits per heavy atom. The van der Waals surface area contributed by atoms with Crippen LogP contribution in [0.2, 0.25) is 0 Å². The smallest absolute Gasteiger partial charge is 0.333 e. The molecule has 0 saturated heterocycles. The molecule has 1 amide bonds. The van der Waals surface area contributed by atoms with Gasteiger partial charge in [-0.2, -0.15) is 5.10 Å². The molecule has 10 heteroatoms. The van der Waals surface area contributed by atoms with Crippen LogP contribution in [0, 0.1) is 0 Å². The second-order valence-electron chi connectivity index (χ2n) is 6.47. The van der Waals surface area contributed by atoms with E-state index in [0.717, 1.165) is 9.13 Å². The molecule has 0 unspecified atom stereocenters. The van der Waals surface area contributed by atoms with Crippen LogP contribution in [0.3, 0.4) is 0 Å². The molecule has 1 aromatic carbocycles. The predicted molar refractivity (Wildman–Crippen MR) is 99.7 cm³/mol. The molecule has 2 heterocycles. The minimum absolute atomic E-state index is 0.0992. The van der Waals surface area contributed by atoms with Gasteiger partial charge in [0.05, 0.1) is 18.9 Å². The van der Waals surface area contributed by atoms with Gasteiger partial charge in [0.1, 0.15) is 5.56 Å². The van der Waals surface area contributed by atoms with Crippen LogP contribution in [0.5, 0.6) is 17.4 Å². The normalized spacial score (nSPS) is 16.2. The van der Waals surface area contributed by atoms with E-state index < -0.39 is 23.2 Å². The largest absolute Gasteiger partial charge is 0.504 e. The lowest BCUT2D eigenvalue weighted by Crippen LogP contribution is -2.39. The first-order chi connectivity index (χ1) is 13.2. The van der Waals surface area contributed by atoms with Crippen LogP contribution >= 0.6 is 0 Å². The van der Waals surface area contributed by atoms with Gasteiger partial charge >= 0.3 is 5.69 Å². The first-order valence-electron chi connectivity index (χ1n) is 8.40. The van der Waals surface area contributed by atoms with E-state index in [2.05, 4.69) is 5.10 Å². The van der Waals surface area contributed by atoms with Crippen molar-refractivity contribution in [1.82, 2.24) is 14.1 Å². The number of hydrogen-bond acceptors (Lipinski definition) is 7. The number of carbonyl (C=O) groups excluding carboxylic acids is 1. The third-order valence-corrected chi connectivity index (χ3v) is 4.74. The lowest BCUT2D eigenvalue weighted by atomic mass is 9.98. The van der Waals surface area contributed by atoms with Crippen LogP contribution in [0.1, 0.15) is 30.5 Å². The van der Waals surface area contributed by atoms with Gasteiger partial charge in [-0.1, -0.05) is 6.07 Å². The molecular weight excluding hydrogens is 368 g/mol. The molecule has 2 aromatic rings. The first-order valence-corrected chi connectivity index (χ1v) is 8.40. The number of phenolic OH excluding ortho intramolecular Hbond substituents is 1. The molecule has 0 radical (unpaired) electrons. The molecule has 0 spiro atoms. The van der Waals surface area contributed by atoms with Crippen molar-refractivity contribution in [3.63, 3.8) is 0 Å². The van der Waals surface area contributed by atoms with E-state index in [1.807, 2.05) is 0 Å². The Bertz CT molecular complexity index is 1110. The lowest BCUT2D eigenvalue weighted by Gasteiger charge is -2.21. The van der Waals surface area contributed by atoms with E-state index in [0.29, 0.717) is 5.56 Å². The van der Waals surface area contributed by atoms with Gasteiger partial charge in [-0.3, -0.25) is 18.7 Å². The fourth-order valence-corrected chi connectivity index (χ4v) is 3.21. The molecule has 0 bridgehead atoms. The van der Waals surface area contributed by atoms with E-state index in [9.17, 15) is 24.6 Å². The lowest BCUT2D eigenvalue weighted by molar-refractivity contribution is -0.130. The number of hydrogen-bond donors (Lipinski definition) is 2. The van der Waals surface area contributed by atoms with E-state index >= 15 is 0 Å². The summed E-state index contributed by atoms with van der Waals surface area (Å²) in [6.07, 6.45) is 0.117. The van der Waals surface area contributed by atoms with E-state index in [1.54, 1.807) is 12.1 Å². The Kier molecular flexibility index (Phi) is 4.72. The maximum absolute atomic E-state index is 12.6. The van der Waals surface area contributed by atoms with Crippen LogP contribution in [-0.4, -0.2) is 43.1 Å². The number of amides is 1. The molecule has 148 valence electrons. The van der Waals surface area contributed by atoms with Gasteiger partial charge in [0.15, 0.2) is 11.5 Å². The standard InChI is InChI=1S/C18H20N4O6/c1-9(23)22-12(10-5-6-14(28-4)13(24)7-10)8-11(19-22)15-16(25)20(2)18(27)21(3)17(15)26/h5-7,12,24-25H,8H2,1-4H3/t12-/m0/s1. The zero-order chi connectivity index (χ0) is 20.7. The number of nitrogens with zero attached hydrogens (tertiary/aromatic N) is 4. The maximum Gasteiger partial charge on any atom is 0.333 e. The van der Waals surface area contributed by atoms with Crippen molar-refractivity contribution >= 4 is 11.6 Å². The van der Waals surface area contributed by atoms with Crippen LogP contribution < -0.4 is 16.0 Å². The number of hydrazone groups is 1. The second kappa shape index (κ2) is 6.87. The summed E-state index contributed by atoms with van der Waals surface area (Å²) in [5.74, 6) is -0.718. The SMILES string of the molecule is COc1ccc([C@@H]2CC(c3c(O)n(C)c(=O)n(C)c3=O)=NN2C(C)=O)cc1O. The third-order valence-electron chi connectivity index (χ3n) is 4.74. The summed E-state index contributed by atoms with van der Waals surface area (Å²) in [7, 11) is 4.05.